The molecule has 0 saturated carbocycles. The number of piperazine rings is 3. The van der Waals surface area contributed by atoms with Gasteiger partial charge in [0.1, 0.15) is 0 Å². The van der Waals surface area contributed by atoms with Crippen molar-refractivity contribution in [3.63, 3.8) is 0 Å². The number of fused-ring (bicyclic) bond motifs is 3. The second kappa shape index (κ2) is 7.38. The second-order valence-corrected chi connectivity index (χ2v) is 7.50. The van der Waals surface area contributed by atoms with Gasteiger partial charge in [-0.25, -0.2) is 13.4 Å². The van der Waals surface area contributed by atoms with Crippen LogP contribution in [0.15, 0.2) is 18.7 Å². The average Bonchev–Trinajstić information content (AvgIpc) is 3.01. The summed E-state index contributed by atoms with van der Waals surface area (Å²) < 4.78 is 62.5. The predicted octanol–water partition coefficient (Wildman–Crippen LogP) is 0.471. The molecule has 0 aromatic carbocycles. The van der Waals surface area contributed by atoms with Gasteiger partial charge in [0.15, 0.2) is 10.1 Å². The van der Waals surface area contributed by atoms with Crippen molar-refractivity contribution in [1.82, 2.24) is 14.5 Å². The molecule has 4 heterocycles. The maximum atomic E-state index is 10.7. The molecule has 1 aromatic rings. The van der Waals surface area contributed by atoms with E-state index in [1.54, 1.807) is 0 Å². The van der Waals surface area contributed by atoms with Crippen molar-refractivity contribution in [1.29, 1.82) is 0 Å². The Morgan fingerprint density at radius 3 is 2.12 bits per heavy atom. The average molecular weight is 370 g/mol. The van der Waals surface area contributed by atoms with E-state index in [9.17, 15) is 13.2 Å². The lowest BCUT2D eigenvalue weighted by molar-refractivity contribution is -0.941. The molecular weight excluding hydrogens is 349 g/mol. The molecule has 24 heavy (non-hydrogen) atoms. The zero-order valence-corrected chi connectivity index (χ0v) is 14.0. The molecule has 3 saturated heterocycles. The highest BCUT2D eigenvalue weighted by Crippen LogP contribution is 2.21. The quantitative estimate of drug-likeness (QED) is 0.437. The van der Waals surface area contributed by atoms with Gasteiger partial charge in [0, 0.05) is 45.0 Å². The van der Waals surface area contributed by atoms with E-state index in [1.165, 1.54) is 56.7 Å². The highest BCUT2D eigenvalue weighted by molar-refractivity contribution is 7.86. The van der Waals surface area contributed by atoms with Gasteiger partial charge in [-0.1, -0.05) is 0 Å². The molecule has 1 aromatic heterocycles. The summed E-state index contributed by atoms with van der Waals surface area (Å²) in [5.74, 6) is 0. The molecular formula is C13H21F3N4O3S. The van der Waals surface area contributed by atoms with Gasteiger partial charge in [-0.2, -0.15) is 13.2 Å². The van der Waals surface area contributed by atoms with Gasteiger partial charge in [0.25, 0.3) is 0 Å². The molecule has 0 amide bonds. The molecule has 138 valence electrons. The van der Waals surface area contributed by atoms with E-state index in [0.29, 0.717) is 0 Å². The fraction of sp³-hybridized carbons (Fsp3) is 0.769. The highest BCUT2D eigenvalue weighted by atomic mass is 32.2. The summed E-state index contributed by atoms with van der Waals surface area (Å²) in [7, 11) is -6.09. The number of aryl methyl sites for hydroxylation is 1. The number of quaternary nitrogens is 1. The van der Waals surface area contributed by atoms with E-state index in [-0.39, 0.29) is 0 Å². The minimum atomic E-state index is -6.09. The third-order valence-electron chi connectivity index (χ3n) is 4.56. The van der Waals surface area contributed by atoms with Gasteiger partial charge < -0.3 is 13.6 Å². The predicted molar refractivity (Wildman–Crippen MR) is 78.8 cm³/mol. The van der Waals surface area contributed by atoms with E-state index in [2.05, 4.69) is 20.6 Å². The minimum absolute atomic E-state index is 1.13. The number of imidazole rings is 1. The molecule has 0 radical (unpaired) electrons. The van der Waals surface area contributed by atoms with E-state index >= 15 is 0 Å². The zero-order valence-electron chi connectivity index (χ0n) is 13.2. The van der Waals surface area contributed by atoms with Crippen molar-refractivity contribution in [2.24, 2.45) is 0 Å². The van der Waals surface area contributed by atoms with Crippen molar-refractivity contribution in [3.8, 4) is 0 Å². The molecule has 0 N–H and O–H groups in total. The normalized spacial score (nSPS) is 26.8. The molecule has 0 aliphatic carbocycles. The molecule has 4 rings (SSSR count). The first kappa shape index (κ1) is 19.2. The van der Waals surface area contributed by atoms with Gasteiger partial charge in [0.05, 0.1) is 32.5 Å². The Kier molecular flexibility index (Phi) is 5.89. The molecule has 0 unspecified atom stereocenters. The number of hydrogen-bond donors (Lipinski definition) is 0. The Balaban J connectivity index is 0.000000224. The Morgan fingerprint density at radius 2 is 1.71 bits per heavy atom. The summed E-state index contributed by atoms with van der Waals surface area (Å²) in [6.45, 7) is 10.6. The minimum Gasteiger partial charge on any atom is -0.741 e. The van der Waals surface area contributed by atoms with Gasteiger partial charge in [-0.15, -0.1) is 0 Å². The van der Waals surface area contributed by atoms with Crippen molar-refractivity contribution in [3.05, 3.63) is 18.7 Å². The Bertz CT molecular complexity index is 597. The van der Waals surface area contributed by atoms with Crippen molar-refractivity contribution >= 4 is 10.1 Å². The van der Waals surface area contributed by atoms with Crippen LogP contribution >= 0.6 is 0 Å². The van der Waals surface area contributed by atoms with Crippen LogP contribution in [0.4, 0.5) is 13.2 Å². The Hall–Kier alpha value is -1.17. The smallest absolute Gasteiger partial charge is 0.485 e. The van der Waals surface area contributed by atoms with E-state index in [1.807, 2.05) is 12.5 Å². The first-order valence-corrected chi connectivity index (χ1v) is 9.08. The molecule has 0 atom stereocenters. The van der Waals surface area contributed by atoms with Crippen LogP contribution in [0.25, 0.3) is 0 Å². The van der Waals surface area contributed by atoms with Crippen molar-refractivity contribution in [2.45, 2.75) is 18.5 Å². The number of aromatic nitrogens is 2. The number of nitrogens with zero attached hydrogens (tertiary/aromatic N) is 4. The molecule has 0 spiro atoms. The van der Waals surface area contributed by atoms with Crippen LogP contribution in [0.5, 0.6) is 0 Å². The number of halogens is 3. The number of alkyl halides is 3. The third kappa shape index (κ3) is 5.16. The standard InChI is InChI=1S/C12H21N4.CHF3O3S/c1(3-15-4-2-13-12-15)8-16-9-5-14(6-10-16)7-11-16;2-1(3,4)8(5,6)7/h2,4,12H,1,3,5-11H2;(H,5,6,7)/q+1;/p-1. The van der Waals surface area contributed by atoms with Crippen molar-refractivity contribution < 1.29 is 30.6 Å². The molecule has 2 bridgehead atoms. The van der Waals surface area contributed by atoms with Crippen LogP contribution in [0, 0.1) is 0 Å². The fourth-order valence-electron chi connectivity index (χ4n) is 3.07. The highest BCUT2D eigenvalue weighted by Gasteiger charge is 2.38. The van der Waals surface area contributed by atoms with Crippen LogP contribution in [-0.4, -0.2) is 83.2 Å². The summed E-state index contributed by atoms with van der Waals surface area (Å²) in [5.41, 5.74) is -5.65. The van der Waals surface area contributed by atoms with Crippen LogP contribution < -0.4 is 0 Å². The number of hydrogen-bond acceptors (Lipinski definition) is 5. The van der Waals surface area contributed by atoms with Crippen LogP contribution in [0.1, 0.15) is 6.42 Å². The molecule has 3 aliphatic rings. The van der Waals surface area contributed by atoms with Crippen LogP contribution in [0.3, 0.4) is 0 Å². The van der Waals surface area contributed by atoms with Gasteiger partial charge in [0.2, 0.25) is 0 Å². The van der Waals surface area contributed by atoms with Gasteiger partial charge >= 0.3 is 5.51 Å². The van der Waals surface area contributed by atoms with Gasteiger partial charge in [-0.3, -0.25) is 4.90 Å². The van der Waals surface area contributed by atoms with Gasteiger partial charge in [-0.05, 0) is 0 Å². The molecule has 3 fully saturated rings. The lowest BCUT2D eigenvalue weighted by atomic mass is 10.1. The summed E-state index contributed by atoms with van der Waals surface area (Å²) in [6, 6.07) is 0. The lowest BCUT2D eigenvalue weighted by Crippen LogP contribution is -2.67. The maximum absolute atomic E-state index is 10.7. The summed E-state index contributed by atoms with van der Waals surface area (Å²) in [5, 5.41) is 0. The monoisotopic (exact) mass is 370 g/mol. The molecule has 3 aliphatic heterocycles. The van der Waals surface area contributed by atoms with Crippen molar-refractivity contribution in [2.75, 3.05) is 45.8 Å². The summed E-state index contributed by atoms with van der Waals surface area (Å²) in [6.07, 6.45) is 7.14. The third-order valence-corrected chi connectivity index (χ3v) is 5.13. The largest absolute Gasteiger partial charge is 0.741 e. The molecule has 11 heteroatoms. The summed E-state index contributed by atoms with van der Waals surface area (Å²) >= 11 is 0. The molecule has 7 nitrogen and oxygen atoms in total. The first-order chi connectivity index (χ1) is 11.1. The maximum Gasteiger partial charge on any atom is 0.485 e. The summed E-state index contributed by atoms with van der Waals surface area (Å²) in [4.78, 5) is 6.69. The Labute approximate surface area is 139 Å². The van der Waals surface area contributed by atoms with Crippen LogP contribution in [-0.2, 0) is 16.7 Å². The van der Waals surface area contributed by atoms with E-state index in [0.717, 1.165) is 6.54 Å². The van der Waals surface area contributed by atoms with E-state index in [4.69, 9.17) is 13.0 Å². The second-order valence-electron chi connectivity index (χ2n) is 6.13. The Morgan fingerprint density at radius 1 is 1.17 bits per heavy atom. The lowest BCUT2D eigenvalue weighted by Gasteiger charge is -2.50. The topological polar surface area (TPSA) is 78.3 Å². The first-order valence-electron chi connectivity index (χ1n) is 7.67. The zero-order chi connectivity index (χ0) is 17.8. The van der Waals surface area contributed by atoms with E-state index < -0.39 is 15.6 Å². The van der Waals surface area contributed by atoms with Crippen LogP contribution in [0.2, 0.25) is 0 Å². The number of rotatable bonds is 4. The SMILES string of the molecule is O=S(=O)([O-])C(F)(F)F.c1cn(CCC[N+]23CCN(CC2)CC3)cn1. The fourth-order valence-corrected chi connectivity index (χ4v) is 3.07.